The molecule has 3 heterocycles. The fourth-order valence-electron chi connectivity index (χ4n) is 4.93. The summed E-state index contributed by atoms with van der Waals surface area (Å²) in [5, 5.41) is 5.87. The van der Waals surface area contributed by atoms with Crippen molar-refractivity contribution in [3.8, 4) is 0 Å². The largest absolute Gasteiger partial charge is 0.381 e. The molecule has 2 N–H and O–H groups in total. The summed E-state index contributed by atoms with van der Waals surface area (Å²) in [6.07, 6.45) is 0.914. The maximum atomic E-state index is 14.6. The molecule has 1 atom stereocenters. The smallest absolute Gasteiger partial charge is 0.243 e. The van der Waals surface area contributed by atoms with Gasteiger partial charge in [-0.15, -0.1) is 0 Å². The minimum Gasteiger partial charge on any atom is -0.381 e. The molecule has 8 heteroatoms. The van der Waals surface area contributed by atoms with E-state index in [-0.39, 0.29) is 23.7 Å². The lowest BCUT2D eigenvalue weighted by Gasteiger charge is -2.29. The van der Waals surface area contributed by atoms with Crippen molar-refractivity contribution in [1.29, 1.82) is 0 Å². The van der Waals surface area contributed by atoms with E-state index in [4.69, 9.17) is 4.74 Å². The van der Waals surface area contributed by atoms with E-state index in [2.05, 4.69) is 26.5 Å². The Balaban J connectivity index is 1.26. The van der Waals surface area contributed by atoms with Crippen molar-refractivity contribution >= 4 is 17.5 Å². The van der Waals surface area contributed by atoms with Gasteiger partial charge in [0, 0.05) is 56.9 Å². The second-order valence-corrected chi connectivity index (χ2v) is 8.98. The number of hydrogen-bond acceptors (Lipinski definition) is 6. The minimum atomic E-state index is -0.294. The number of fused-ring (bicyclic) bond motifs is 1. The number of anilines is 1. The van der Waals surface area contributed by atoms with Crippen LogP contribution in [0.4, 0.5) is 10.1 Å². The third-order valence-corrected chi connectivity index (χ3v) is 6.75. The maximum absolute atomic E-state index is 14.6. The molecule has 0 saturated carbocycles. The Hall–Kier alpha value is -2.81. The molecule has 2 amide bonds. The average Bonchev–Trinajstić information content (AvgIpc) is 3.24. The first-order valence-corrected chi connectivity index (χ1v) is 11.6. The van der Waals surface area contributed by atoms with Crippen LogP contribution in [0.5, 0.6) is 0 Å². The predicted molar refractivity (Wildman–Crippen MR) is 122 cm³/mol. The van der Waals surface area contributed by atoms with Gasteiger partial charge in [-0.2, -0.15) is 0 Å². The van der Waals surface area contributed by atoms with E-state index in [1.54, 1.807) is 6.07 Å². The van der Waals surface area contributed by atoms with Crippen LogP contribution in [-0.4, -0.2) is 54.0 Å². The number of nitrogens with one attached hydrogen (secondary N) is 2. The van der Waals surface area contributed by atoms with Crippen molar-refractivity contribution in [2.75, 3.05) is 31.6 Å². The fraction of sp³-hybridized carbons (Fsp3) is 0.440. The summed E-state index contributed by atoms with van der Waals surface area (Å²) in [7, 11) is 0. The number of halogens is 1. The molecule has 1 unspecified atom stereocenters. The summed E-state index contributed by atoms with van der Waals surface area (Å²) in [6, 6.07) is 11.1. The van der Waals surface area contributed by atoms with Crippen LogP contribution in [-0.2, 0) is 40.5 Å². The van der Waals surface area contributed by atoms with Gasteiger partial charge >= 0.3 is 0 Å². The Morgan fingerprint density at radius 1 is 1.12 bits per heavy atom. The van der Waals surface area contributed by atoms with Crippen LogP contribution in [0.25, 0.3) is 0 Å². The molecule has 7 nitrogen and oxygen atoms in total. The lowest BCUT2D eigenvalue weighted by Crippen LogP contribution is -2.50. The molecule has 33 heavy (non-hydrogen) atoms. The molecule has 2 saturated heterocycles. The number of hydrogen-bond donors (Lipinski definition) is 2. The van der Waals surface area contributed by atoms with Gasteiger partial charge in [0.05, 0.1) is 19.3 Å². The molecule has 2 aromatic carbocycles. The van der Waals surface area contributed by atoms with Crippen LogP contribution in [0.3, 0.4) is 0 Å². The molecule has 0 spiro atoms. The lowest BCUT2D eigenvalue weighted by molar-refractivity contribution is -0.137. The highest BCUT2D eigenvalue weighted by Gasteiger charge is 2.35. The van der Waals surface area contributed by atoms with Crippen molar-refractivity contribution in [2.45, 2.75) is 45.1 Å². The van der Waals surface area contributed by atoms with Gasteiger partial charge < -0.3 is 10.1 Å². The summed E-state index contributed by atoms with van der Waals surface area (Å²) >= 11 is 0. The van der Waals surface area contributed by atoms with E-state index in [9.17, 15) is 14.0 Å². The van der Waals surface area contributed by atoms with Gasteiger partial charge in [-0.25, -0.2) is 4.39 Å². The van der Waals surface area contributed by atoms with Gasteiger partial charge in [-0.3, -0.25) is 24.7 Å². The molecule has 3 aliphatic rings. The van der Waals surface area contributed by atoms with E-state index in [1.165, 1.54) is 0 Å². The summed E-state index contributed by atoms with van der Waals surface area (Å²) in [5.74, 6) is -0.633. The van der Waals surface area contributed by atoms with Crippen LogP contribution in [0.1, 0.15) is 35.1 Å². The molecule has 174 valence electrons. The van der Waals surface area contributed by atoms with E-state index < -0.39 is 0 Å². The van der Waals surface area contributed by atoms with E-state index in [0.717, 1.165) is 55.2 Å². The van der Waals surface area contributed by atoms with Crippen molar-refractivity contribution in [1.82, 2.24) is 15.1 Å². The van der Waals surface area contributed by atoms with Gasteiger partial charge in [0.15, 0.2) is 0 Å². The number of rotatable bonds is 6. The Morgan fingerprint density at radius 2 is 1.97 bits per heavy atom. The van der Waals surface area contributed by atoms with Gasteiger partial charge in [0.1, 0.15) is 5.82 Å². The van der Waals surface area contributed by atoms with Crippen LogP contribution < -0.4 is 10.6 Å². The summed E-state index contributed by atoms with van der Waals surface area (Å²) in [6.45, 7) is 5.74. The molecule has 0 radical (unpaired) electrons. The zero-order chi connectivity index (χ0) is 22.8. The quantitative estimate of drug-likeness (QED) is 0.656. The van der Waals surface area contributed by atoms with Crippen LogP contribution >= 0.6 is 0 Å². The minimum absolute atomic E-state index is 0.201. The number of nitrogens with zero attached hydrogens (tertiary/aromatic N) is 2. The monoisotopic (exact) mass is 452 g/mol. The summed E-state index contributed by atoms with van der Waals surface area (Å²) in [5.41, 5.74) is 4.98. The molecule has 0 aromatic heterocycles. The molecule has 0 bridgehead atoms. The van der Waals surface area contributed by atoms with E-state index in [1.807, 2.05) is 24.3 Å². The van der Waals surface area contributed by atoms with Crippen molar-refractivity contribution in [3.63, 3.8) is 0 Å². The van der Waals surface area contributed by atoms with Gasteiger partial charge in [0.25, 0.3) is 0 Å². The first kappa shape index (κ1) is 22.0. The number of morpholine rings is 1. The Kier molecular flexibility index (Phi) is 6.39. The number of ether oxygens (including phenoxy) is 1. The third-order valence-electron chi connectivity index (χ3n) is 6.75. The highest BCUT2D eigenvalue weighted by atomic mass is 19.1. The highest BCUT2D eigenvalue weighted by Crippen LogP contribution is 2.32. The molecule has 3 aliphatic heterocycles. The fourth-order valence-corrected chi connectivity index (χ4v) is 4.93. The lowest BCUT2D eigenvalue weighted by atomic mass is 10.0. The topological polar surface area (TPSA) is 73.9 Å². The summed E-state index contributed by atoms with van der Waals surface area (Å²) in [4.78, 5) is 28.2. The Labute approximate surface area is 192 Å². The molecular formula is C25H29FN4O3. The summed E-state index contributed by atoms with van der Waals surface area (Å²) < 4.78 is 20.0. The van der Waals surface area contributed by atoms with Crippen LogP contribution in [0.15, 0.2) is 36.4 Å². The highest BCUT2D eigenvalue weighted by molar-refractivity contribution is 6.00. The normalized spacial score (nSPS) is 21.7. The van der Waals surface area contributed by atoms with E-state index in [0.29, 0.717) is 38.0 Å². The van der Waals surface area contributed by atoms with Crippen molar-refractivity contribution < 1.29 is 18.7 Å². The second kappa shape index (κ2) is 9.59. The number of benzene rings is 2. The first-order valence-electron chi connectivity index (χ1n) is 11.6. The zero-order valence-corrected chi connectivity index (χ0v) is 18.6. The number of imide groups is 1. The van der Waals surface area contributed by atoms with Gasteiger partial charge in [0.2, 0.25) is 11.8 Å². The number of carbonyl (C=O) groups is 2. The first-order chi connectivity index (χ1) is 16.1. The SMILES string of the molecule is O=C1CCC(N2Cc3cccc(NCc4cc(CN5CCOCC5)ccc4F)c3C2)C(=O)N1. The maximum Gasteiger partial charge on any atom is 0.243 e. The number of carbonyl (C=O) groups excluding carboxylic acids is 2. The van der Waals surface area contributed by atoms with Crippen LogP contribution in [0, 0.1) is 5.82 Å². The van der Waals surface area contributed by atoms with Gasteiger partial charge in [-0.05, 0) is 41.3 Å². The molecule has 2 fully saturated rings. The third kappa shape index (κ3) is 4.93. The molecular weight excluding hydrogens is 423 g/mol. The number of amides is 2. The van der Waals surface area contributed by atoms with Crippen molar-refractivity contribution in [3.05, 3.63) is 64.5 Å². The predicted octanol–water partition coefficient (Wildman–Crippen LogP) is 2.39. The molecule has 2 aromatic rings. The van der Waals surface area contributed by atoms with E-state index >= 15 is 0 Å². The number of piperidine rings is 1. The van der Waals surface area contributed by atoms with Crippen LogP contribution in [0.2, 0.25) is 0 Å². The standard InChI is InChI=1S/C25H29FN4O3/c26-21-5-4-17(14-29-8-10-33-11-9-29)12-19(21)13-27-22-3-1-2-18-15-30(16-20(18)22)23-6-7-24(31)28-25(23)32/h1-5,12,23,27H,6-11,13-16H2,(H,28,31,32). The Bertz CT molecular complexity index is 1050. The molecule has 5 rings (SSSR count). The van der Waals surface area contributed by atoms with Gasteiger partial charge in [-0.1, -0.05) is 18.2 Å². The Morgan fingerprint density at radius 3 is 2.79 bits per heavy atom. The second-order valence-electron chi connectivity index (χ2n) is 8.98. The molecule has 0 aliphatic carbocycles. The van der Waals surface area contributed by atoms with Crippen molar-refractivity contribution in [2.24, 2.45) is 0 Å². The average molecular weight is 453 g/mol. The zero-order valence-electron chi connectivity index (χ0n) is 18.6.